The molecule has 0 aliphatic rings. The van der Waals surface area contributed by atoms with Crippen molar-refractivity contribution < 1.29 is 13.2 Å². The second kappa shape index (κ2) is 5.45. The molecule has 6 heavy (non-hydrogen) atoms. The first kappa shape index (κ1) is 9.68. The zero-order chi connectivity index (χ0) is 4.28. The van der Waals surface area contributed by atoms with Gasteiger partial charge in [0.05, 0.1) is 0 Å². The van der Waals surface area contributed by atoms with Crippen LogP contribution in [0.2, 0.25) is 0 Å². The molecule has 0 bridgehead atoms. The van der Waals surface area contributed by atoms with Gasteiger partial charge in [0.25, 0.3) is 6.08 Å². The molecule has 0 aliphatic heterocycles. The van der Waals surface area contributed by atoms with Crippen LogP contribution in [0.1, 0.15) is 0 Å². The van der Waals surface area contributed by atoms with Gasteiger partial charge in [-0.3, -0.25) is 0 Å². The molecule has 34 valence electrons. The standard InChI is InChI=1S/C2HF3.Pb/c3-1-2(4)5;/h1H;. The van der Waals surface area contributed by atoms with Crippen molar-refractivity contribution in [2.45, 2.75) is 0 Å². The first-order valence-corrected chi connectivity index (χ1v) is 0.885. The fourth-order valence-corrected chi connectivity index (χ4v) is 0. The number of hydrogen-bond acceptors (Lipinski definition) is 0. The zero-order valence-corrected chi connectivity index (χ0v) is 6.60. The van der Waals surface area contributed by atoms with Crippen molar-refractivity contribution in [3.05, 3.63) is 12.4 Å². The molecule has 0 atom stereocenters. The molecule has 4 heteroatoms. The third kappa shape index (κ3) is 8.82. The molecule has 4 radical (unpaired) electrons. The Morgan fingerprint density at radius 3 is 1.50 bits per heavy atom. The molecule has 0 saturated carbocycles. The second-order valence-electron chi connectivity index (χ2n) is 0.399. The van der Waals surface area contributed by atoms with Crippen LogP contribution in [0.5, 0.6) is 0 Å². The largest absolute Gasteiger partial charge is 0.298 e. The molecule has 0 nitrogen and oxygen atoms in total. The molecule has 0 N–H and O–H groups in total. The molecule has 0 fully saturated rings. The van der Waals surface area contributed by atoms with Crippen molar-refractivity contribution in [2.24, 2.45) is 0 Å². The molecule has 0 heterocycles. The van der Waals surface area contributed by atoms with E-state index >= 15 is 0 Å². The van der Waals surface area contributed by atoms with Gasteiger partial charge in [-0.25, -0.2) is 4.39 Å². The van der Waals surface area contributed by atoms with Gasteiger partial charge in [0.1, 0.15) is 0 Å². The summed E-state index contributed by atoms with van der Waals surface area (Å²) in [7, 11) is 0. The maximum Gasteiger partial charge on any atom is 0.298 e. The predicted molar refractivity (Wildman–Crippen MR) is 17.2 cm³/mol. The zero-order valence-electron chi connectivity index (χ0n) is 2.71. The van der Waals surface area contributed by atoms with Crippen LogP contribution >= 0.6 is 0 Å². The maximum absolute atomic E-state index is 10.2. The van der Waals surface area contributed by atoms with E-state index in [0.717, 1.165) is 0 Å². The minimum Gasteiger partial charge on any atom is -0.210 e. The van der Waals surface area contributed by atoms with Crippen molar-refractivity contribution >= 4 is 27.3 Å². The molecule has 0 aromatic carbocycles. The Hall–Kier alpha value is 0.452. The van der Waals surface area contributed by atoms with E-state index in [1.54, 1.807) is 0 Å². The van der Waals surface area contributed by atoms with E-state index in [4.69, 9.17) is 0 Å². The van der Waals surface area contributed by atoms with Crippen LogP contribution in [0.15, 0.2) is 12.4 Å². The Kier molecular flexibility index (Phi) is 8.79. The second-order valence-corrected chi connectivity index (χ2v) is 0.399. The molecular formula is C2HF3Pb. The summed E-state index contributed by atoms with van der Waals surface area (Å²) in [6, 6.07) is 0. The first-order chi connectivity index (χ1) is 2.27. The average molecular weight is 289 g/mol. The topological polar surface area (TPSA) is 0 Å². The third-order valence-corrected chi connectivity index (χ3v) is 0.0825. The van der Waals surface area contributed by atoms with E-state index in [-0.39, 0.29) is 27.3 Å². The average Bonchev–Trinajstić information content (AvgIpc) is 1.38. The Bertz CT molecular complexity index is 46.8. The van der Waals surface area contributed by atoms with E-state index in [2.05, 4.69) is 0 Å². The Balaban J connectivity index is 0. The quantitative estimate of drug-likeness (QED) is 0.590. The minimum atomic E-state index is -2.29. The molecule has 0 spiro atoms. The van der Waals surface area contributed by atoms with Crippen LogP contribution in [-0.2, 0) is 0 Å². The molecule has 0 saturated heterocycles. The van der Waals surface area contributed by atoms with Crippen molar-refractivity contribution in [1.82, 2.24) is 0 Å². The Morgan fingerprint density at radius 2 is 1.50 bits per heavy atom. The molecule has 0 unspecified atom stereocenters. The van der Waals surface area contributed by atoms with E-state index < -0.39 is 12.4 Å². The van der Waals surface area contributed by atoms with Gasteiger partial charge in [-0.05, 0) is 0 Å². The SMILES string of the molecule is FC=C(F)F.[Pb]. The van der Waals surface area contributed by atoms with E-state index in [9.17, 15) is 13.2 Å². The van der Waals surface area contributed by atoms with Crippen molar-refractivity contribution in [3.63, 3.8) is 0 Å². The van der Waals surface area contributed by atoms with Gasteiger partial charge in [-0.2, -0.15) is 8.78 Å². The molecular weight excluding hydrogens is 288 g/mol. The van der Waals surface area contributed by atoms with Crippen LogP contribution in [0, 0.1) is 0 Å². The summed E-state index contributed by atoms with van der Waals surface area (Å²) >= 11 is 0. The van der Waals surface area contributed by atoms with Gasteiger partial charge in [-0.1, -0.05) is 0 Å². The van der Waals surface area contributed by atoms with Gasteiger partial charge >= 0.3 is 0 Å². The molecule has 0 aliphatic carbocycles. The molecule has 0 rings (SSSR count). The number of halogens is 3. The summed E-state index contributed by atoms with van der Waals surface area (Å²) < 4.78 is 30.7. The summed E-state index contributed by atoms with van der Waals surface area (Å²) in [5.74, 6) is 0. The normalized spacial score (nSPS) is 5.83. The molecule has 0 aromatic rings. The van der Waals surface area contributed by atoms with E-state index in [0.29, 0.717) is 0 Å². The van der Waals surface area contributed by atoms with Crippen molar-refractivity contribution in [2.75, 3.05) is 0 Å². The first-order valence-electron chi connectivity index (χ1n) is 0.885. The summed E-state index contributed by atoms with van der Waals surface area (Å²) in [5, 5.41) is 0. The maximum atomic E-state index is 10.2. The molecule has 0 aromatic heterocycles. The fraction of sp³-hybridized carbons (Fsp3) is 0. The summed E-state index contributed by atoms with van der Waals surface area (Å²) in [6.45, 7) is 0. The van der Waals surface area contributed by atoms with Gasteiger partial charge in [0, 0.05) is 27.3 Å². The Labute approximate surface area is 53.2 Å². The molecule has 0 amide bonds. The summed E-state index contributed by atoms with van der Waals surface area (Å²) in [5.41, 5.74) is 0. The van der Waals surface area contributed by atoms with E-state index in [1.165, 1.54) is 0 Å². The van der Waals surface area contributed by atoms with Crippen molar-refractivity contribution in [1.29, 1.82) is 0 Å². The van der Waals surface area contributed by atoms with Crippen LogP contribution in [0.25, 0.3) is 0 Å². The summed E-state index contributed by atoms with van der Waals surface area (Å²) in [4.78, 5) is 0. The minimum absolute atomic E-state index is 0. The summed E-state index contributed by atoms with van der Waals surface area (Å²) in [6.07, 6.45) is -3.04. The van der Waals surface area contributed by atoms with Crippen LogP contribution < -0.4 is 0 Å². The van der Waals surface area contributed by atoms with Crippen LogP contribution in [0.4, 0.5) is 13.2 Å². The monoisotopic (exact) mass is 290 g/mol. The Morgan fingerprint density at radius 1 is 1.33 bits per heavy atom. The van der Waals surface area contributed by atoms with Crippen molar-refractivity contribution in [3.8, 4) is 0 Å². The van der Waals surface area contributed by atoms with Crippen LogP contribution in [-0.4, -0.2) is 27.3 Å². The number of hydrogen-bond donors (Lipinski definition) is 0. The van der Waals surface area contributed by atoms with Gasteiger partial charge < -0.3 is 0 Å². The third-order valence-electron chi connectivity index (χ3n) is 0.0825. The number of rotatable bonds is 0. The predicted octanol–water partition coefficient (Wildman–Crippen LogP) is 1.31. The van der Waals surface area contributed by atoms with Gasteiger partial charge in [0.2, 0.25) is 0 Å². The van der Waals surface area contributed by atoms with Crippen LogP contribution in [0.3, 0.4) is 0 Å². The smallest absolute Gasteiger partial charge is 0.210 e. The van der Waals surface area contributed by atoms with E-state index in [1.807, 2.05) is 0 Å². The van der Waals surface area contributed by atoms with Gasteiger partial charge in [-0.15, -0.1) is 0 Å². The van der Waals surface area contributed by atoms with Gasteiger partial charge in [0.15, 0.2) is 6.33 Å². The fourth-order valence-electron chi connectivity index (χ4n) is 0.